The van der Waals surface area contributed by atoms with Crippen LogP contribution in [0, 0.1) is 0 Å². The van der Waals surface area contributed by atoms with Crippen molar-refractivity contribution in [2.24, 2.45) is 0 Å². The van der Waals surface area contributed by atoms with Gasteiger partial charge in [0, 0.05) is 5.56 Å². The number of aliphatic carboxylic acids is 1. The smallest absolute Gasteiger partial charge is 0.305 e. The van der Waals surface area contributed by atoms with E-state index in [1.165, 1.54) is 6.07 Å². The minimum Gasteiger partial charge on any atom is -0.482 e. The third-order valence-electron chi connectivity index (χ3n) is 4.74. The van der Waals surface area contributed by atoms with Crippen molar-refractivity contribution >= 4 is 23.5 Å². The first-order valence-electron chi connectivity index (χ1n) is 9.33. The summed E-state index contributed by atoms with van der Waals surface area (Å²) in [6, 6.07) is 11.6. The maximum absolute atomic E-state index is 12.7. The predicted octanol–water partition coefficient (Wildman–Crippen LogP) is 3.26. The fraction of sp³-hybridized carbons (Fsp3) is 0.318. The Bertz CT molecular complexity index is 945. The summed E-state index contributed by atoms with van der Waals surface area (Å²) < 4.78 is 5.34. The summed E-state index contributed by atoms with van der Waals surface area (Å²) >= 11 is 0. The molecule has 7 heteroatoms. The highest BCUT2D eigenvalue weighted by atomic mass is 16.5. The number of carbonyl (C=O) groups is 3. The molecule has 29 heavy (non-hydrogen) atoms. The van der Waals surface area contributed by atoms with E-state index in [1.807, 2.05) is 24.3 Å². The lowest BCUT2D eigenvalue weighted by atomic mass is 9.86. The van der Waals surface area contributed by atoms with E-state index in [9.17, 15) is 19.5 Å². The molecule has 2 aromatic carbocycles. The van der Waals surface area contributed by atoms with Crippen LogP contribution in [-0.2, 0) is 15.0 Å². The molecule has 1 heterocycles. The Morgan fingerprint density at radius 1 is 1.17 bits per heavy atom. The second-order valence-corrected chi connectivity index (χ2v) is 8.04. The summed E-state index contributed by atoms with van der Waals surface area (Å²) in [5.74, 6) is -1.28. The molecule has 7 nitrogen and oxygen atoms in total. The van der Waals surface area contributed by atoms with Crippen molar-refractivity contribution in [2.45, 2.75) is 38.6 Å². The van der Waals surface area contributed by atoms with E-state index in [0.717, 1.165) is 11.1 Å². The number of fused-ring (bicyclic) bond motifs is 1. The van der Waals surface area contributed by atoms with Crippen molar-refractivity contribution in [3.05, 3.63) is 59.2 Å². The molecule has 0 aromatic heterocycles. The van der Waals surface area contributed by atoms with Crippen LogP contribution in [-0.4, -0.2) is 29.5 Å². The zero-order valence-electron chi connectivity index (χ0n) is 16.6. The highest BCUT2D eigenvalue weighted by Gasteiger charge is 2.22. The van der Waals surface area contributed by atoms with Gasteiger partial charge in [-0.2, -0.15) is 0 Å². The molecular weight excluding hydrogens is 372 g/mol. The first-order valence-corrected chi connectivity index (χ1v) is 9.33. The van der Waals surface area contributed by atoms with Gasteiger partial charge in [0.05, 0.1) is 18.2 Å². The SMILES string of the molecule is CC(C)(C)c1ccc(C(CC(=O)O)NC(=O)c2ccc3c(c2)OCC(=O)N3)cc1. The molecule has 1 atom stereocenters. The highest BCUT2D eigenvalue weighted by molar-refractivity contribution is 5.99. The first-order chi connectivity index (χ1) is 13.6. The number of rotatable bonds is 5. The molecule has 0 saturated carbocycles. The Morgan fingerprint density at radius 3 is 2.48 bits per heavy atom. The average molecular weight is 396 g/mol. The van der Waals surface area contributed by atoms with E-state index in [2.05, 4.69) is 31.4 Å². The largest absolute Gasteiger partial charge is 0.482 e. The molecule has 1 aliphatic heterocycles. The molecule has 1 unspecified atom stereocenters. The van der Waals surface area contributed by atoms with Crippen molar-refractivity contribution in [1.82, 2.24) is 5.32 Å². The van der Waals surface area contributed by atoms with Gasteiger partial charge < -0.3 is 20.5 Å². The quantitative estimate of drug-likeness (QED) is 0.720. The van der Waals surface area contributed by atoms with Gasteiger partial charge in [-0.05, 0) is 34.7 Å². The number of nitrogens with one attached hydrogen (secondary N) is 2. The zero-order chi connectivity index (χ0) is 21.2. The van der Waals surface area contributed by atoms with Crippen LogP contribution in [0.3, 0.4) is 0 Å². The number of hydrogen-bond acceptors (Lipinski definition) is 4. The fourth-order valence-electron chi connectivity index (χ4n) is 3.10. The van der Waals surface area contributed by atoms with E-state index in [4.69, 9.17) is 4.74 Å². The molecule has 2 amide bonds. The normalized spacial score (nSPS) is 14.2. The van der Waals surface area contributed by atoms with Gasteiger partial charge in [0.25, 0.3) is 11.8 Å². The summed E-state index contributed by atoms with van der Waals surface area (Å²) in [4.78, 5) is 35.4. The lowest BCUT2D eigenvalue weighted by Gasteiger charge is -2.22. The second-order valence-electron chi connectivity index (χ2n) is 8.04. The lowest BCUT2D eigenvalue weighted by molar-refractivity contribution is -0.137. The molecule has 0 bridgehead atoms. The minimum atomic E-state index is -1.01. The summed E-state index contributed by atoms with van der Waals surface area (Å²) in [7, 11) is 0. The number of carbonyl (C=O) groups excluding carboxylic acids is 2. The van der Waals surface area contributed by atoms with Crippen LogP contribution in [0.5, 0.6) is 5.75 Å². The molecule has 0 saturated heterocycles. The Balaban J connectivity index is 1.80. The van der Waals surface area contributed by atoms with Gasteiger partial charge in [-0.15, -0.1) is 0 Å². The number of ether oxygens (including phenoxy) is 1. The van der Waals surface area contributed by atoms with E-state index in [-0.39, 0.29) is 24.3 Å². The highest BCUT2D eigenvalue weighted by Crippen LogP contribution is 2.29. The van der Waals surface area contributed by atoms with Crippen LogP contribution in [0.15, 0.2) is 42.5 Å². The lowest BCUT2D eigenvalue weighted by Crippen LogP contribution is -2.31. The van der Waals surface area contributed by atoms with Gasteiger partial charge in [0.1, 0.15) is 5.75 Å². The molecule has 0 radical (unpaired) electrons. The van der Waals surface area contributed by atoms with Crippen molar-refractivity contribution in [3.63, 3.8) is 0 Å². The Morgan fingerprint density at radius 2 is 1.86 bits per heavy atom. The molecule has 0 spiro atoms. The summed E-state index contributed by atoms with van der Waals surface area (Å²) in [6.45, 7) is 6.18. The van der Waals surface area contributed by atoms with Crippen molar-refractivity contribution < 1.29 is 24.2 Å². The van der Waals surface area contributed by atoms with Gasteiger partial charge in [-0.25, -0.2) is 0 Å². The number of carboxylic acids is 1. The molecular formula is C22H24N2O5. The summed E-state index contributed by atoms with van der Waals surface area (Å²) in [6.07, 6.45) is -0.238. The van der Waals surface area contributed by atoms with Crippen molar-refractivity contribution in [2.75, 3.05) is 11.9 Å². The van der Waals surface area contributed by atoms with Crippen LogP contribution in [0.1, 0.15) is 54.7 Å². The van der Waals surface area contributed by atoms with E-state index < -0.39 is 17.9 Å². The molecule has 152 valence electrons. The monoisotopic (exact) mass is 396 g/mol. The van der Waals surface area contributed by atoms with Crippen LogP contribution in [0.2, 0.25) is 0 Å². The molecule has 0 fully saturated rings. The number of amides is 2. The maximum atomic E-state index is 12.7. The van der Waals surface area contributed by atoms with Crippen molar-refractivity contribution in [1.29, 1.82) is 0 Å². The van der Waals surface area contributed by atoms with Gasteiger partial charge in [0.2, 0.25) is 0 Å². The molecule has 0 aliphatic carbocycles. The Kier molecular flexibility index (Phi) is 5.59. The standard InChI is InChI=1S/C22H24N2O5/c1-22(2,3)15-7-4-13(5-8-15)17(11-20(26)27)24-21(28)14-6-9-16-18(10-14)29-12-19(25)23-16/h4-10,17H,11-12H2,1-3H3,(H,23,25)(H,24,28)(H,26,27). The topological polar surface area (TPSA) is 105 Å². The number of anilines is 1. The third kappa shape index (κ3) is 4.93. The second kappa shape index (κ2) is 7.95. The molecule has 1 aliphatic rings. The maximum Gasteiger partial charge on any atom is 0.305 e. The van der Waals surface area contributed by atoms with Crippen molar-refractivity contribution in [3.8, 4) is 5.75 Å². The fourth-order valence-corrected chi connectivity index (χ4v) is 3.10. The van der Waals surface area contributed by atoms with Gasteiger partial charge >= 0.3 is 5.97 Å². The zero-order valence-corrected chi connectivity index (χ0v) is 16.6. The van der Waals surface area contributed by atoms with Crippen LogP contribution in [0.4, 0.5) is 5.69 Å². The van der Waals surface area contributed by atoms with Crippen LogP contribution in [0.25, 0.3) is 0 Å². The number of benzene rings is 2. The molecule has 2 aromatic rings. The summed E-state index contributed by atoms with van der Waals surface area (Å²) in [5.41, 5.74) is 2.63. The third-order valence-corrected chi connectivity index (χ3v) is 4.74. The molecule has 3 N–H and O–H groups in total. The first kappa shape index (κ1) is 20.4. The Hall–Kier alpha value is -3.35. The van der Waals surface area contributed by atoms with Crippen LogP contribution >= 0.6 is 0 Å². The number of hydrogen-bond donors (Lipinski definition) is 3. The molecule has 3 rings (SSSR count). The van der Waals surface area contributed by atoms with E-state index in [1.54, 1.807) is 12.1 Å². The van der Waals surface area contributed by atoms with Crippen LogP contribution < -0.4 is 15.4 Å². The van der Waals surface area contributed by atoms with E-state index in [0.29, 0.717) is 17.0 Å². The average Bonchev–Trinajstić information content (AvgIpc) is 2.66. The Labute approximate surface area is 169 Å². The minimum absolute atomic E-state index is 0.0252. The summed E-state index contributed by atoms with van der Waals surface area (Å²) in [5, 5.41) is 14.7. The number of carboxylic acid groups (broad SMARTS) is 1. The van der Waals surface area contributed by atoms with Gasteiger partial charge in [-0.1, -0.05) is 45.0 Å². The van der Waals surface area contributed by atoms with Gasteiger partial charge in [-0.3, -0.25) is 14.4 Å². The predicted molar refractivity (Wildman–Crippen MR) is 108 cm³/mol. The van der Waals surface area contributed by atoms with Gasteiger partial charge in [0.15, 0.2) is 6.61 Å². The van der Waals surface area contributed by atoms with E-state index >= 15 is 0 Å².